The number of aromatic nitrogens is 4. The first-order valence-electron chi connectivity index (χ1n) is 8.26. The minimum Gasteiger partial charge on any atom is -0.372 e. The predicted molar refractivity (Wildman–Crippen MR) is 90.5 cm³/mol. The van der Waals surface area contributed by atoms with E-state index < -0.39 is 0 Å². The first-order chi connectivity index (χ1) is 11.4. The number of ether oxygens (including phenoxy) is 1. The lowest BCUT2D eigenvalue weighted by molar-refractivity contribution is 0.0633. The SMILES string of the molecule is [CH2][C@H]1C[C@@H](c2cc(NC(=O)c3cc(COC(C)C)nn3C)n[nH]2)C1. The highest BCUT2D eigenvalue weighted by atomic mass is 16.5. The molecule has 0 aromatic carbocycles. The number of nitrogens with one attached hydrogen (secondary N) is 2. The fourth-order valence-corrected chi connectivity index (χ4v) is 2.84. The third-order valence-corrected chi connectivity index (χ3v) is 4.24. The topological polar surface area (TPSA) is 84.8 Å². The van der Waals surface area contributed by atoms with Gasteiger partial charge in [0.15, 0.2) is 5.82 Å². The van der Waals surface area contributed by atoms with Crippen molar-refractivity contribution in [2.45, 2.75) is 45.3 Å². The van der Waals surface area contributed by atoms with Crippen LogP contribution in [-0.2, 0) is 18.4 Å². The van der Waals surface area contributed by atoms with Gasteiger partial charge in [-0.05, 0) is 38.7 Å². The summed E-state index contributed by atoms with van der Waals surface area (Å²) in [5.41, 5.74) is 2.26. The normalized spacial score (nSPS) is 20.2. The lowest BCUT2D eigenvalue weighted by Crippen LogP contribution is -2.19. The van der Waals surface area contributed by atoms with Crippen molar-refractivity contribution in [3.05, 3.63) is 36.1 Å². The number of hydrogen-bond acceptors (Lipinski definition) is 4. The summed E-state index contributed by atoms with van der Waals surface area (Å²) in [5, 5.41) is 14.3. The number of hydrogen-bond donors (Lipinski definition) is 2. The van der Waals surface area contributed by atoms with Crippen molar-refractivity contribution in [1.29, 1.82) is 0 Å². The number of aryl methyl sites for hydroxylation is 1. The molecular weight excluding hydrogens is 306 g/mol. The van der Waals surface area contributed by atoms with E-state index in [1.165, 1.54) is 0 Å². The molecule has 2 aromatic rings. The fraction of sp³-hybridized carbons (Fsp3) is 0.529. The Morgan fingerprint density at radius 2 is 2.25 bits per heavy atom. The van der Waals surface area contributed by atoms with E-state index in [2.05, 4.69) is 27.5 Å². The zero-order valence-electron chi connectivity index (χ0n) is 14.4. The average molecular weight is 330 g/mol. The van der Waals surface area contributed by atoms with Gasteiger partial charge in [0.25, 0.3) is 5.91 Å². The van der Waals surface area contributed by atoms with Gasteiger partial charge in [0.1, 0.15) is 5.69 Å². The lowest BCUT2D eigenvalue weighted by atomic mass is 9.74. The highest BCUT2D eigenvalue weighted by molar-refractivity contribution is 6.02. The van der Waals surface area contributed by atoms with Crippen LogP contribution in [0.3, 0.4) is 0 Å². The molecule has 0 atom stereocenters. The number of nitrogens with zero attached hydrogens (tertiary/aromatic N) is 3. The Balaban J connectivity index is 1.62. The molecule has 1 aliphatic rings. The van der Waals surface area contributed by atoms with Crippen molar-refractivity contribution in [1.82, 2.24) is 20.0 Å². The lowest BCUT2D eigenvalue weighted by Gasteiger charge is -2.31. The third kappa shape index (κ3) is 3.67. The third-order valence-electron chi connectivity index (χ3n) is 4.24. The molecule has 1 amide bonds. The number of carbonyl (C=O) groups is 1. The van der Waals surface area contributed by atoms with Crippen LogP contribution in [-0.4, -0.2) is 32.0 Å². The maximum Gasteiger partial charge on any atom is 0.275 e. The summed E-state index contributed by atoms with van der Waals surface area (Å²) in [4.78, 5) is 12.4. The van der Waals surface area contributed by atoms with E-state index in [4.69, 9.17) is 4.74 Å². The Morgan fingerprint density at radius 3 is 2.92 bits per heavy atom. The van der Waals surface area contributed by atoms with Crippen LogP contribution in [0, 0.1) is 12.8 Å². The van der Waals surface area contributed by atoms with Gasteiger partial charge in [0.2, 0.25) is 0 Å². The largest absolute Gasteiger partial charge is 0.372 e. The van der Waals surface area contributed by atoms with Gasteiger partial charge in [-0.2, -0.15) is 10.2 Å². The van der Waals surface area contributed by atoms with Crippen LogP contribution in [0.25, 0.3) is 0 Å². The number of amides is 1. The highest BCUT2D eigenvalue weighted by Gasteiger charge is 2.28. The molecule has 0 spiro atoms. The molecule has 7 heteroatoms. The minimum atomic E-state index is -0.234. The predicted octanol–water partition coefficient (Wildman–Crippen LogP) is 2.65. The van der Waals surface area contributed by atoms with Gasteiger partial charge in [-0.3, -0.25) is 14.6 Å². The Hall–Kier alpha value is -2.15. The molecule has 129 valence electrons. The molecule has 3 rings (SSSR count). The van der Waals surface area contributed by atoms with Crippen molar-refractivity contribution >= 4 is 11.7 Å². The Bertz CT molecular complexity index is 712. The molecule has 0 bridgehead atoms. The quantitative estimate of drug-likeness (QED) is 0.853. The van der Waals surface area contributed by atoms with Crippen LogP contribution in [0.1, 0.15) is 54.5 Å². The standard InChI is InChI=1S/C17H24N5O2/c1-10(2)24-9-13-7-15(22(4)21-13)17(23)18-16-8-14(19-20-16)12-5-11(3)6-12/h7-8,10-12H,3,5-6,9H2,1-2,4H3,(H2,18,19,20,23)/t11-,12+. The van der Waals surface area contributed by atoms with Crippen molar-refractivity contribution in [2.75, 3.05) is 5.32 Å². The zero-order valence-corrected chi connectivity index (χ0v) is 14.4. The molecule has 1 saturated carbocycles. The van der Waals surface area contributed by atoms with E-state index in [0.717, 1.165) is 24.2 Å². The van der Waals surface area contributed by atoms with E-state index >= 15 is 0 Å². The van der Waals surface area contributed by atoms with Crippen molar-refractivity contribution in [3.8, 4) is 0 Å². The second-order valence-electron chi connectivity index (χ2n) is 6.70. The summed E-state index contributed by atoms with van der Waals surface area (Å²) >= 11 is 0. The van der Waals surface area contributed by atoms with Gasteiger partial charge < -0.3 is 10.1 Å². The van der Waals surface area contributed by atoms with Crippen LogP contribution in [0.5, 0.6) is 0 Å². The summed E-state index contributed by atoms with van der Waals surface area (Å²) in [7, 11) is 1.74. The monoisotopic (exact) mass is 330 g/mol. The van der Waals surface area contributed by atoms with Crippen LogP contribution in [0.15, 0.2) is 12.1 Å². The van der Waals surface area contributed by atoms with E-state index in [9.17, 15) is 4.79 Å². The number of aromatic amines is 1. The molecule has 1 aliphatic carbocycles. The Morgan fingerprint density at radius 1 is 1.50 bits per heavy atom. The van der Waals surface area contributed by atoms with Crippen molar-refractivity contribution < 1.29 is 9.53 Å². The van der Waals surface area contributed by atoms with Crippen molar-refractivity contribution in [3.63, 3.8) is 0 Å². The summed E-state index contributed by atoms with van der Waals surface area (Å²) in [6.07, 6.45) is 2.25. The van der Waals surface area contributed by atoms with Crippen LogP contribution < -0.4 is 5.32 Å². The smallest absolute Gasteiger partial charge is 0.275 e. The summed E-state index contributed by atoms with van der Waals surface area (Å²) in [6.45, 7) is 8.34. The molecule has 2 aromatic heterocycles. The first kappa shape index (κ1) is 16.7. The molecule has 7 nitrogen and oxygen atoms in total. The zero-order chi connectivity index (χ0) is 17.3. The molecule has 24 heavy (non-hydrogen) atoms. The summed E-state index contributed by atoms with van der Waals surface area (Å²) in [5.74, 6) is 1.30. The van der Waals surface area contributed by atoms with Crippen LogP contribution >= 0.6 is 0 Å². The molecule has 0 unspecified atom stereocenters. The van der Waals surface area contributed by atoms with Gasteiger partial charge in [0, 0.05) is 24.7 Å². The van der Waals surface area contributed by atoms with E-state index in [-0.39, 0.29) is 12.0 Å². The molecule has 2 N–H and O–H groups in total. The number of carbonyl (C=O) groups excluding carboxylic acids is 1. The summed E-state index contributed by atoms with van der Waals surface area (Å²) < 4.78 is 7.08. The Labute approximate surface area is 141 Å². The summed E-state index contributed by atoms with van der Waals surface area (Å²) in [6, 6.07) is 3.64. The molecule has 0 saturated heterocycles. The molecule has 0 aliphatic heterocycles. The number of H-pyrrole nitrogens is 1. The molecule has 1 fully saturated rings. The first-order valence-corrected chi connectivity index (χ1v) is 8.26. The molecule has 1 radical (unpaired) electrons. The molecule has 2 heterocycles. The number of rotatable bonds is 6. The van der Waals surface area contributed by atoms with Gasteiger partial charge in [-0.15, -0.1) is 0 Å². The van der Waals surface area contributed by atoms with Crippen LogP contribution in [0.2, 0.25) is 0 Å². The van der Waals surface area contributed by atoms with E-state index in [0.29, 0.717) is 30.0 Å². The van der Waals surface area contributed by atoms with Gasteiger partial charge in [-0.25, -0.2) is 0 Å². The van der Waals surface area contributed by atoms with Gasteiger partial charge >= 0.3 is 0 Å². The second-order valence-corrected chi connectivity index (χ2v) is 6.70. The van der Waals surface area contributed by atoms with Gasteiger partial charge in [0.05, 0.1) is 18.4 Å². The fourth-order valence-electron chi connectivity index (χ4n) is 2.84. The average Bonchev–Trinajstić information content (AvgIpc) is 3.08. The minimum absolute atomic E-state index is 0.121. The van der Waals surface area contributed by atoms with Crippen molar-refractivity contribution in [2.24, 2.45) is 13.0 Å². The van der Waals surface area contributed by atoms with Crippen LogP contribution in [0.4, 0.5) is 5.82 Å². The maximum atomic E-state index is 12.4. The Kier molecular flexibility index (Phi) is 4.71. The maximum absolute atomic E-state index is 12.4. The van der Waals surface area contributed by atoms with Gasteiger partial charge in [-0.1, -0.05) is 6.92 Å². The van der Waals surface area contributed by atoms with E-state index in [1.54, 1.807) is 17.8 Å². The molecular formula is C17H24N5O2. The number of anilines is 1. The van der Waals surface area contributed by atoms with E-state index in [1.807, 2.05) is 19.9 Å². The second kappa shape index (κ2) is 6.76. The highest BCUT2D eigenvalue weighted by Crippen LogP contribution is 2.40.